The number of hydrogen-bond donors (Lipinski definition) is 1. The molecule has 1 N–H and O–H groups in total. The summed E-state index contributed by atoms with van der Waals surface area (Å²) in [5, 5.41) is 2.45. The highest BCUT2D eigenvalue weighted by Crippen LogP contribution is 2.17. The van der Waals surface area contributed by atoms with Crippen LogP contribution in [0.25, 0.3) is 0 Å². The van der Waals surface area contributed by atoms with Crippen LogP contribution in [0.3, 0.4) is 0 Å². The minimum Gasteiger partial charge on any atom is -0.357 e. The summed E-state index contributed by atoms with van der Waals surface area (Å²) >= 11 is 0. The van der Waals surface area contributed by atoms with Gasteiger partial charge in [0.25, 0.3) is 5.91 Å². The van der Waals surface area contributed by atoms with Crippen molar-refractivity contribution in [3.63, 3.8) is 0 Å². The van der Waals surface area contributed by atoms with E-state index in [0.29, 0.717) is 5.82 Å². The van der Waals surface area contributed by atoms with E-state index >= 15 is 0 Å². The average Bonchev–Trinajstić information content (AvgIpc) is 3.07. The van der Waals surface area contributed by atoms with Crippen LogP contribution in [0.2, 0.25) is 0 Å². The molecule has 0 spiro atoms. The fourth-order valence-electron chi connectivity index (χ4n) is 2.56. The van der Waals surface area contributed by atoms with Crippen LogP contribution in [0.15, 0.2) is 30.5 Å². The predicted molar refractivity (Wildman–Crippen MR) is 81.0 cm³/mol. The lowest BCUT2D eigenvalue weighted by molar-refractivity contribution is 0.0941. The third kappa shape index (κ3) is 3.44. The van der Waals surface area contributed by atoms with Crippen LogP contribution in [-0.2, 0) is 6.54 Å². The highest BCUT2D eigenvalue weighted by atomic mass is 19.1. The van der Waals surface area contributed by atoms with Gasteiger partial charge in [-0.1, -0.05) is 6.07 Å². The Labute approximate surface area is 132 Å². The van der Waals surface area contributed by atoms with Gasteiger partial charge < -0.3 is 10.2 Å². The molecule has 1 aromatic heterocycles. The number of anilines is 1. The molecule has 23 heavy (non-hydrogen) atoms. The first-order chi connectivity index (χ1) is 11.1. The van der Waals surface area contributed by atoms with Gasteiger partial charge in [0.1, 0.15) is 28.8 Å². The first-order valence-electron chi connectivity index (χ1n) is 7.44. The molecule has 3 rings (SSSR count). The molecule has 1 aromatic carbocycles. The molecular formula is C16H16F2N4O. The van der Waals surface area contributed by atoms with E-state index in [9.17, 15) is 13.6 Å². The van der Waals surface area contributed by atoms with E-state index in [4.69, 9.17) is 0 Å². The molecule has 0 unspecified atom stereocenters. The fraction of sp³-hybridized carbons (Fsp3) is 0.312. The Morgan fingerprint density at radius 2 is 1.87 bits per heavy atom. The Balaban J connectivity index is 1.68. The van der Waals surface area contributed by atoms with E-state index in [0.717, 1.165) is 43.9 Å². The van der Waals surface area contributed by atoms with Crippen molar-refractivity contribution in [2.45, 2.75) is 19.4 Å². The minimum atomic E-state index is -0.894. The van der Waals surface area contributed by atoms with Crippen molar-refractivity contribution in [2.24, 2.45) is 0 Å². The van der Waals surface area contributed by atoms with E-state index in [-0.39, 0.29) is 6.54 Å². The second kappa shape index (κ2) is 6.68. The Morgan fingerprint density at radius 3 is 2.57 bits per heavy atom. The summed E-state index contributed by atoms with van der Waals surface area (Å²) < 4.78 is 27.1. The van der Waals surface area contributed by atoms with Crippen molar-refractivity contribution in [3.8, 4) is 0 Å². The number of aromatic nitrogens is 2. The molecule has 7 heteroatoms. The largest absolute Gasteiger partial charge is 0.357 e. The molecule has 2 aromatic rings. The third-order valence-electron chi connectivity index (χ3n) is 3.72. The SMILES string of the molecule is O=C(NCc1nccc(N2CCCC2)n1)c1c(F)cccc1F. The van der Waals surface area contributed by atoms with Gasteiger partial charge in [-0.05, 0) is 31.0 Å². The van der Waals surface area contributed by atoms with Crippen LogP contribution < -0.4 is 10.2 Å². The van der Waals surface area contributed by atoms with Gasteiger partial charge in [-0.3, -0.25) is 4.79 Å². The smallest absolute Gasteiger partial charge is 0.257 e. The van der Waals surface area contributed by atoms with Gasteiger partial charge in [0.05, 0.1) is 6.54 Å². The van der Waals surface area contributed by atoms with E-state index in [1.54, 1.807) is 6.20 Å². The Morgan fingerprint density at radius 1 is 1.17 bits per heavy atom. The van der Waals surface area contributed by atoms with Gasteiger partial charge in [0, 0.05) is 19.3 Å². The maximum Gasteiger partial charge on any atom is 0.257 e. The van der Waals surface area contributed by atoms with Crippen molar-refractivity contribution in [3.05, 3.63) is 53.5 Å². The zero-order chi connectivity index (χ0) is 16.2. The zero-order valence-electron chi connectivity index (χ0n) is 12.4. The molecule has 1 saturated heterocycles. The molecule has 2 heterocycles. The highest BCUT2D eigenvalue weighted by Gasteiger charge is 2.18. The first-order valence-corrected chi connectivity index (χ1v) is 7.44. The molecule has 0 atom stereocenters. The Bertz CT molecular complexity index is 697. The Hall–Kier alpha value is -2.57. The Kier molecular flexibility index (Phi) is 4.45. The van der Waals surface area contributed by atoms with Crippen LogP contribution in [0.5, 0.6) is 0 Å². The summed E-state index contributed by atoms with van der Waals surface area (Å²) in [7, 11) is 0. The van der Waals surface area contributed by atoms with Gasteiger partial charge in [-0.25, -0.2) is 18.7 Å². The molecule has 120 valence electrons. The van der Waals surface area contributed by atoms with Crippen LogP contribution in [-0.4, -0.2) is 29.0 Å². The highest BCUT2D eigenvalue weighted by molar-refractivity contribution is 5.94. The molecule has 1 aliphatic rings. The van der Waals surface area contributed by atoms with Gasteiger partial charge in [0.2, 0.25) is 0 Å². The molecule has 0 saturated carbocycles. The van der Waals surface area contributed by atoms with E-state index < -0.39 is 23.1 Å². The standard InChI is InChI=1S/C16H16F2N4O/c17-11-4-3-5-12(18)15(11)16(23)20-10-13-19-7-6-14(21-13)22-8-1-2-9-22/h3-7H,1-2,8-10H2,(H,20,23). The predicted octanol–water partition coefficient (Wildman–Crippen LogP) is 2.29. The van der Waals surface area contributed by atoms with Crippen molar-refractivity contribution < 1.29 is 13.6 Å². The van der Waals surface area contributed by atoms with Gasteiger partial charge in [-0.2, -0.15) is 0 Å². The maximum atomic E-state index is 13.6. The number of nitrogens with zero attached hydrogens (tertiary/aromatic N) is 3. The van der Waals surface area contributed by atoms with Gasteiger partial charge in [0.15, 0.2) is 0 Å². The molecule has 1 amide bonds. The number of carbonyl (C=O) groups excluding carboxylic acids is 1. The first kappa shape index (κ1) is 15.3. The van der Waals surface area contributed by atoms with Crippen molar-refractivity contribution in [1.29, 1.82) is 0 Å². The zero-order valence-corrected chi connectivity index (χ0v) is 12.4. The molecular weight excluding hydrogens is 302 g/mol. The number of amides is 1. The topological polar surface area (TPSA) is 58.1 Å². The number of carbonyl (C=O) groups is 1. The second-order valence-corrected chi connectivity index (χ2v) is 5.30. The summed E-state index contributed by atoms with van der Waals surface area (Å²) in [4.78, 5) is 22.5. The maximum absolute atomic E-state index is 13.6. The summed E-state index contributed by atoms with van der Waals surface area (Å²) in [6.45, 7) is 1.90. The monoisotopic (exact) mass is 318 g/mol. The number of halogens is 2. The fourth-order valence-corrected chi connectivity index (χ4v) is 2.56. The molecule has 0 bridgehead atoms. The lowest BCUT2D eigenvalue weighted by Gasteiger charge is -2.16. The average molecular weight is 318 g/mol. The minimum absolute atomic E-state index is 0.00822. The molecule has 0 radical (unpaired) electrons. The second-order valence-electron chi connectivity index (χ2n) is 5.30. The van der Waals surface area contributed by atoms with E-state index in [1.165, 1.54) is 6.07 Å². The number of nitrogens with one attached hydrogen (secondary N) is 1. The molecule has 1 aliphatic heterocycles. The normalized spacial score (nSPS) is 14.1. The summed E-state index contributed by atoms with van der Waals surface area (Å²) in [6.07, 6.45) is 3.87. The molecule has 1 fully saturated rings. The lowest BCUT2D eigenvalue weighted by atomic mass is 10.2. The number of benzene rings is 1. The molecule has 0 aliphatic carbocycles. The third-order valence-corrected chi connectivity index (χ3v) is 3.72. The lowest BCUT2D eigenvalue weighted by Crippen LogP contribution is -2.26. The number of rotatable bonds is 4. The van der Waals surface area contributed by atoms with Gasteiger partial charge in [-0.15, -0.1) is 0 Å². The van der Waals surface area contributed by atoms with Crippen molar-refractivity contribution in [2.75, 3.05) is 18.0 Å². The quantitative estimate of drug-likeness (QED) is 0.940. The van der Waals surface area contributed by atoms with E-state index in [2.05, 4.69) is 20.2 Å². The van der Waals surface area contributed by atoms with Crippen LogP contribution in [0.4, 0.5) is 14.6 Å². The van der Waals surface area contributed by atoms with Crippen LogP contribution in [0.1, 0.15) is 29.0 Å². The van der Waals surface area contributed by atoms with Crippen molar-refractivity contribution in [1.82, 2.24) is 15.3 Å². The van der Waals surface area contributed by atoms with Crippen LogP contribution in [0, 0.1) is 11.6 Å². The summed E-state index contributed by atoms with van der Waals surface area (Å²) in [5.41, 5.74) is -0.594. The van der Waals surface area contributed by atoms with Gasteiger partial charge >= 0.3 is 0 Å². The van der Waals surface area contributed by atoms with E-state index in [1.807, 2.05) is 6.07 Å². The number of hydrogen-bond acceptors (Lipinski definition) is 4. The van der Waals surface area contributed by atoms with Crippen LogP contribution >= 0.6 is 0 Å². The summed E-state index contributed by atoms with van der Waals surface area (Å²) in [5.74, 6) is -1.41. The van der Waals surface area contributed by atoms with Crippen molar-refractivity contribution >= 4 is 11.7 Å². The molecule has 5 nitrogen and oxygen atoms in total. The summed E-state index contributed by atoms with van der Waals surface area (Å²) in [6, 6.07) is 5.11.